The van der Waals surface area contributed by atoms with Crippen LogP contribution in [-0.4, -0.2) is 25.7 Å². The predicted molar refractivity (Wildman–Crippen MR) is 93.4 cm³/mol. The fourth-order valence-corrected chi connectivity index (χ4v) is 6.59. The van der Waals surface area contributed by atoms with Crippen molar-refractivity contribution in [3.8, 4) is 0 Å². The van der Waals surface area contributed by atoms with Crippen LogP contribution in [0.3, 0.4) is 0 Å². The molecule has 0 spiro atoms. The maximum Gasteiger partial charge on any atom is 0.319 e. The Kier molecular flexibility index (Phi) is 4.08. The fourth-order valence-electron chi connectivity index (χ4n) is 6.59. The second-order valence-corrected chi connectivity index (χ2v) is 8.43. The third kappa shape index (κ3) is 2.06. The molecule has 0 aromatic carbocycles. The van der Waals surface area contributed by atoms with Gasteiger partial charge in [0.05, 0.1) is 13.4 Å². The lowest BCUT2D eigenvalue weighted by Crippen LogP contribution is -2.60. The molecule has 6 unspecified atom stereocenters. The quantitative estimate of drug-likeness (QED) is 0.471. The van der Waals surface area contributed by atoms with Crippen LogP contribution in [0.4, 0.5) is 0 Å². The Balaban J connectivity index is 1.81. The third-order valence-electron chi connectivity index (χ3n) is 7.78. The van der Waals surface area contributed by atoms with Crippen LogP contribution in [0.15, 0.2) is 16.7 Å². The van der Waals surface area contributed by atoms with E-state index in [9.17, 15) is 14.4 Å². The Labute approximate surface area is 153 Å². The van der Waals surface area contributed by atoms with Gasteiger partial charge >= 0.3 is 5.97 Å². The van der Waals surface area contributed by atoms with Crippen molar-refractivity contribution in [2.45, 2.75) is 51.4 Å². The number of aldehydes is 2. The van der Waals surface area contributed by atoms with Crippen LogP contribution in [0.1, 0.15) is 56.3 Å². The van der Waals surface area contributed by atoms with Gasteiger partial charge in [0, 0.05) is 11.8 Å². The van der Waals surface area contributed by atoms with E-state index in [0.29, 0.717) is 37.5 Å². The number of hydrogen-bond acceptors (Lipinski definition) is 5. The van der Waals surface area contributed by atoms with Crippen LogP contribution >= 0.6 is 0 Å². The van der Waals surface area contributed by atoms with Gasteiger partial charge in [0.2, 0.25) is 0 Å². The summed E-state index contributed by atoms with van der Waals surface area (Å²) < 4.78 is 10.7. The summed E-state index contributed by atoms with van der Waals surface area (Å²) >= 11 is 0. The summed E-state index contributed by atoms with van der Waals surface area (Å²) in [5, 5.41) is 0. The number of ether oxygens (including phenoxy) is 1. The number of carbonyl (C=O) groups excluding carboxylic acids is 3. The maximum absolute atomic E-state index is 12.6. The number of hydrogen-bond donors (Lipinski definition) is 0. The van der Waals surface area contributed by atoms with Gasteiger partial charge in [-0.05, 0) is 61.0 Å². The van der Waals surface area contributed by atoms with Gasteiger partial charge in [0.15, 0.2) is 0 Å². The minimum atomic E-state index is -1.19. The third-order valence-corrected chi connectivity index (χ3v) is 7.78. The van der Waals surface area contributed by atoms with Gasteiger partial charge in [-0.15, -0.1) is 0 Å². The van der Waals surface area contributed by atoms with Crippen molar-refractivity contribution in [3.63, 3.8) is 0 Å². The van der Waals surface area contributed by atoms with Crippen molar-refractivity contribution in [2.24, 2.45) is 28.6 Å². The molecule has 1 heterocycles. The highest BCUT2D eigenvalue weighted by atomic mass is 16.5. The molecule has 3 aliphatic carbocycles. The SMILES string of the molecule is COC(=O)C1(C=O)CCCC2(C=O)C3Cc4occc4C(C)C3CCC12. The van der Waals surface area contributed by atoms with Crippen LogP contribution < -0.4 is 0 Å². The van der Waals surface area contributed by atoms with E-state index in [0.717, 1.165) is 31.2 Å². The molecule has 2 saturated carbocycles. The zero-order valence-electron chi connectivity index (χ0n) is 15.4. The van der Waals surface area contributed by atoms with E-state index in [-0.39, 0.29) is 11.8 Å². The van der Waals surface area contributed by atoms with E-state index >= 15 is 0 Å². The fraction of sp³-hybridized carbons (Fsp3) is 0.667. The second kappa shape index (κ2) is 6.07. The second-order valence-electron chi connectivity index (χ2n) is 8.43. The number of methoxy groups -OCH3 is 1. The molecule has 0 saturated heterocycles. The van der Waals surface area contributed by atoms with Gasteiger partial charge < -0.3 is 18.7 Å². The molecule has 26 heavy (non-hydrogen) atoms. The topological polar surface area (TPSA) is 73.6 Å². The molecule has 0 bridgehead atoms. The van der Waals surface area contributed by atoms with E-state index in [1.807, 2.05) is 6.07 Å². The van der Waals surface area contributed by atoms with Crippen molar-refractivity contribution in [1.29, 1.82) is 0 Å². The minimum Gasteiger partial charge on any atom is -0.469 e. The Morgan fingerprint density at radius 2 is 2.08 bits per heavy atom. The summed E-state index contributed by atoms with van der Waals surface area (Å²) in [6.45, 7) is 2.21. The summed E-state index contributed by atoms with van der Waals surface area (Å²) in [6.07, 6.45) is 7.80. The summed E-state index contributed by atoms with van der Waals surface area (Å²) in [6, 6.07) is 2.04. The normalized spacial score (nSPS) is 41.3. The monoisotopic (exact) mass is 358 g/mol. The first-order chi connectivity index (χ1) is 12.5. The summed E-state index contributed by atoms with van der Waals surface area (Å²) in [4.78, 5) is 37.3. The summed E-state index contributed by atoms with van der Waals surface area (Å²) in [7, 11) is 1.33. The van der Waals surface area contributed by atoms with Crippen molar-refractivity contribution >= 4 is 18.5 Å². The number of rotatable bonds is 3. The smallest absolute Gasteiger partial charge is 0.319 e. The molecular formula is C21H26O5. The molecule has 6 atom stereocenters. The van der Waals surface area contributed by atoms with E-state index in [1.54, 1.807) is 6.26 Å². The maximum atomic E-state index is 12.6. The van der Waals surface area contributed by atoms with Gasteiger partial charge in [-0.1, -0.05) is 13.3 Å². The van der Waals surface area contributed by atoms with Crippen molar-refractivity contribution < 1.29 is 23.5 Å². The standard InChI is InChI=1S/C21H26O5/c1-13-14-4-5-18-20(11-22,16(14)10-17-15(13)6-9-26-17)7-3-8-21(18,12-23)19(24)25-2/h6,9,11-14,16,18H,3-5,7-8,10H2,1-2H3. The number of carbonyl (C=O) groups is 3. The lowest BCUT2D eigenvalue weighted by molar-refractivity contribution is -0.178. The Morgan fingerprint density at radius 1 is 1.27 bits per heavy atom. The van der Waals surface area contributed by atoms with E-state index in [4.69, 9.17) is 9.15 Å². The van der Waals surface area contributed by atoms with Crippen molar-refractivity contribution in [3.05, 3.63) is 23.7 Å². The molecule has 140 valence electrons. The molecule has 5 nitrogen and oxygen atoms in total. The average molecular weight is 358 g/mol. The van der Waals surface area contributed by atoms with E-state index in [2.05, 4.69) is 6.92 Å². The van der Waals surface area contributed by atoms with Gasteiger partial charge in [0.25, 0.3) is 0 Å². The molecule has 3 aliphatic rings. The van der Waals surface area contributed by atoms with E-state index in [1.165, 1.54) is 12.7 Å². The number of fused-ring (bicyclic) bond motifs is 4. The van der Waals surface area contributed by atoms with Crippen LogP contribution in [0.2, 0.25) is 0 Å². The van der Waals surface area contributed by atoms with Crippen LogP contribution in [-0.2, 0) is 25.5 Å². The van der Waals surface area contributed by atoms with Gasteiger partial charge in [-0.2, -0.15) is 0 Å². The molecule has 0 amide bonds. The van der Waals surface area contributed by atoms with Gasteiger partial charge in [-0.3, -0.25) is 4.79 Å². The first-order valence-electron chi connectivity index (χ1n) is 9.61. The van der Waals surface area contributed by atoms with Gasteiger partial charge in [0.1, 0.15) is 23.7 Å². The molecular weight excluding hydrogens is 332 g/mol. The lowest BCUT2D eigenvalue weighted by atomic mass is 9.43. The Bertz CT molecular complexity index is 737. The zero-order valence-corrected chi connectivity index (χ0v) is 15.4. The Morgan fingerprint density at radius 3 is 2.77 bits per heavy atom. The molecule has 2 fully saturated rings. The molecule has 1 aromatic rings. The van der Waals surface area contributed by atoms with Crippen molar-refractivity contribution in [1.82, 2.24) is 0 Å². The predicted octanol–water partition coefficient (Wildman–Crippen LogP) is 3.31. The van der Waals surface area contributed by atoms with E-state index < -0.39 is 16.8 Å². The average Bonchev–Trinajstić information content (AvgIpc) is 3.15. The largest absolute Gasteiger partial charge is 0.469 e. The highest BCUT2D eigenvalue weighted by Gasteiger charge is 2.64. The van der Waals surface area contributed by atoms with Gasteiger partial charge in [-0.25, -0.2) is 0 Å². The molecule has 5 heteroatoms. The molecule has 0 N–H and O–H groups in total. The molecule has 1 aromatic heterocycles. The summed E-state index contributed by atoms with van der Waals surface area (Å²) in [5.41, 5.74) is -0.600. The van der Waals surface area contributed by atoms with Crippen LogP contribution in [0, 0.1) is 28.6 Å². The minimum absolute atomic E-state index is 0.108. The zero-order chi connectivity index (χ0) is 18.5. The molecule has 0 radical (unpaired) electrons. The highest BCUT2D eigenvalue weighted by Crippen LogP contribution is 2.64. The Hall–Kier alpha value is -1.91. The number of esters is 1. The molecule has 4 rings (SSSR count). The first-order valence-corrected chi connectivity index (χ1v) is 9.61. The highest BCUT2D eigenvalue weighted by molar-refractivity contribution is 5.94. The lowest BCUT2D eigenvalue weighted by Gasteiger charge is -2.59. The van der Waals surface area contributed by atoms with Crippen molar-refractivity contribution in [2.75, 3.05) is 7.11 Å². The van der Waals surface area contributed by atoms with Crippen LogP contribution in [0.25, 0.3) is 0 Å². The molecule has 0 aliphatic heterocycles. The first kappa shape index (κ1) is 17.5. The van der Waals surface area contributed by atoms with Crippen LogP contribution in [0.5, 0.6) is 0 Å². The summed E-state index contributed by atoms with van der Waals surface area (Å²) in [5.74, 6) is 1.01. The number of furan rings is 1.